The van der Waals surface area contributed by atoms with Crippen molar-refractivity contribution in [2.45, 2.75) is 38.4 Å². The Balaban J connectivity index is 1.52. The number of pyridine rings is 2. The molecule has 0 fully saturated rings. The molecule has 3 N–H and O–H groups in total. The number of nitrogens with zero attached hydrogens (tertiary/aromatic N) is 5. The summed E-state index contributed by atoms with van der Waals surface area (Å²) in [6, 6.07) is 2.81. The zero-order chi connectivity index (χ0) is 24.2. The molecule has 1 amide bonds. The van der Waals surface area contributed by atoms with Gasteiger partial charge in [0.2, 0.25) is 5.82 Å². The van der Waals surface area contributed by atoms with E-state index in [1.54, 1.807) is 0 Å². The molecule has 3 aromatic rings. The maximum Gasteiger partial charge on any atom is 0.416 e. The molecule has 0 saturated heterocycles. The van der Waals surface area contributed by atoms with Crippen LogP contribution in [0.1, 0.15) is 28.2 Å². The summed E-state index contributed by atoms with van der Waals surface area (Å²) in [7, 11) is 0. The first kappa shape index (κ1) is 23.8. The lowest BCUT2D eigenvalue weighted by atomic mass is 10.2. The van der Waals surface area contributed by atoms with E-state index in [2.05, 4.69) is 20.6 Å². The van der Waals surface area contributed by atoms with Crippen LogP contribution in [0.15, 0.2) is 41.6 Å². The number of aryl methyl sites for hydroxylation is 1. The molecule has 3 heterocycles. The van der Waals surface area contributed by atoms with Gasteiger partial charge in [0, 0.05) is 18.9 Å². The van der Waals surface area contributed by atoms with Gasteiger partial charge in [-0.1, -0.05) is 5.21 Å². The van der Waals surface area contributed by atoms with Gasteiger partial charge in [0.15, 0.2) is 5.69 Å². The molecule has 0 aromatic carbocycles. The summed E-state index contributed by atoms with van der Waals surface area (Å²) < 4.78 is 68.1. The Kier molecular flexibility index (Phi) is 7.04. The molecule has 9 nitrogen and oxygen atoms in total. The highest BCUT2D eigenvalue weighted by atomic mass is 19.4. The Labute approximate surface area is 183 Å². The van der Waals surface area contributed by atoms with Crippen LogP contribution < -0.4 is 16.6 Å². The molecule has 0 aliphatic carbocycles. The second-order valence-corrected chi connectivity index (χ2v) is 7.01. The average molecular weight is 471 g/mol. The fraction of sp³-hybridized carbons (Fsp3) is 0.316. The zero-order valence-electron chi connectivity index (χ0n) is 16.9. The van der Waals surface area contributed by atoms with Crippen molar-refractivity contribution in [3.05, 3.63) is 69.9 Å². The predicted octanol–water partition coefficient (Wildman–Crippen LogP) is 1.93. The van der Waals surface area contributed by atoms with Crippen LogP contribution in [0.3, 0.4) is 0 Å². The second-order valence-electron chi connectivity index (χ2n) is 7.01. The standard InChI is InChI=1S/C19H18F5N7O2/c20-12(2-5-30-6-3-14(25)16(21)18(30)33)9-31-10-15(28-29-31)17(32)27-8-13-7-11(1-4-26-13)19(22,23)24/h1,3-4,6-7,10,12H,2,5,8-9,25H2,(H,27,32). The summed E-state index contributed by atoms with van der Waals surface area (Å²) in [6.07, 6.45) is -2.78. The summed E-state index contributed by atoms with van der Waals surface area (Å²) in [6.45, 7) is -0.681. The SMILES string of the molecule is Nc1ccn(CCC(F)Cn2cc(C(=O)NCc3cc(C(F)(F)F)ccn3)nn2)c(=O)c1F. The maximum absolute atomic E-state index is 14.3. The summed E-state index contributed by atoms with van der Waals surface area (Å²) >= 11 is 0. The number of carbonyl (C=O) groups is 1. The van der Waals surface area contributed by atoms with Crippen molar-refractivity contribution < 1.29 is 26.7 Å². The number of alkyl halides is 4. The number of hydrogen-bond donors (Lipinski definition) is 2. The molecule has 0 aliphatic rings. The van der Waals surface area contributed by atoms with Crippen LogP contribution in [0.5, 0.6) is 0 Å². The molecular formula is C19H18F5N7O2. The highest BCUT2D eigenvalue weighted by molar-refractivity contribution is 5.91. The van der Waals surface area contributed by atoms with E-state index in [1.165, 1.54) is 12.3 Å². The number of carbonyl (C=O) groups excluding carboxylic acids is 1. The molecule has 14 heteroatoms. The first-order chi connectivity index (χ1) is 15.5. The van der Waals surface area contributed by atoms with E-state index in [-0.39, 0.29) is 43.1 Å². The van der Waals surface area contributed by atoms with Crippen LogP contribution in [-0.2, 0) is 25.8 Å². The van der Waals surface area contributed by atoms with Crippen molar-refractivity contribution in [1.82, 2.24) is 29.9 Å². The highest BCUT2D eigenvalue weighted by Crippen LogP contribution is 2.28. The van der Waals surface area contributed by atoms with Gasteiger partial charge in [0.1, 0.15) is 6.17 Å². The number of anilines is 1. The number of nitrogens with one attached hydrogen (secondary N) is 1. The molecule has 3 aromatic heterocycles. The lowest BCUT2D eigenvalue weighted by Gasteiger charge is -2.10. The monoisotopic (exact) mass is 471 g/mol. The van der Waals surface area contributed by atoms with Crippen molar-refractivity contribution >= 4 is 11.6 Å². The molecule has 1 atom stereocenters. The predicted molar refractivity (Wildman–Crippen MR) is 105 cm³/mol. The average Bonchev–Trinajstić information content (AvgIpc) is 3.23. The van der Waals surface area contributed by atoms with E-state index >= 15 is 0 Å². The molecule has 1 unspecified atom stereocenters. The van der Waals surface area contributed by atoms with Crippen LogP contribution in [0, 0.1) is 5.82 Å². The number of amides is 1. The molecule has 3 rings (SSSR count). The van der Waals surface area contributed by atoms with Gasteiger partial charge in [-0.2, -0.15) is 17.6 Å². The van der Waals surface area contributed by atoms with Gasteiger partial charge in [-0.05, 0) is 24.6 Å². The molecular weight excluding hydrogens is 453 g/mol. The van der Waals surface area contributed by atoms with Gasteiger partial charge < -0.3 is 15.6 Å². The normalized spacial score (nSPS) is 12.5. The molecule has 0 saturated carbocycles. The largest absolute Gasteiger partial charge is 0.416 e. The van der Waals surface area contributed by atoms with Crippen LogP contribution in [-0.4, -0.2) is 36.6 Å². The molecule has 176 valence electrons. The molecule has 0 spiro atoms. The lowest BCUT2D eigenvalue weighted by Crippen LogP contribution is -2.25. The van der Waals surface area contributed by atoms with Crippen LogP contribution >= 0.6 is 0 Å². The Morgan fingerprint density at radius 3 is 2.76 bits per heavy atom. The number of aromatic nitrogens is 5. The van der Waals surface area contributed by atoms with E-state index in [0.717, 1.165) is 33.8 Å². The quantitative estimate of drug-likeness (QED) is 0.485. The number of rotatable bonds is 8. The maximum atomic E-state index is 14.3. The van der Waals surface area contributed by atoms with Crippen molar-refractivity contribution in [3.63, 3.8) is 0 Å². The first-order valence-electron chi connectivity index (χ1n) is 9.53. The number of nitrogens with two attached hydrogens (primary N) is 1. The summed E-state index contributed by atoms with van der Waals surface area (Å²) in [5.41, 5.74) is 2.95. The summed E-state index contributed by atoms with van der Waals surface area (Å²) in [5.74, 6) is -1.85. The Morgan fingerprint density at radius 2 is 2.03 bits per heavy atom. The third-order valence-electron chi connectivity index (χ3n) is 4.55. The lowest BCUT2D eigenvalue weighted by molar-refractivity contribution is -0.137. The van der Waals surface area contributed by atoms with Crippen molar-refractivity contribution in [3.8, 4) is 0 Å². The van der Waals surface area contributed by atoms with Gasteiger partial charge in [-0.15, -0.1) is 5.10 Å². The van der Waals surface area contributed by atoms with Crippen molar-refractivity contribution in [1.29, 1.82) is 0 Å². The fourth-order valence-electron chi connectivity index (χ4n) is 2.81. The molecule has 0 radical (unpaired) electrons. The first-order valence-corrected chi connectivity index (χ1v) is 9.53. The minimum Gasteiger partial charge on any atom is -0.396 e. The van der Waals surface area contributed by atoms with Crippen LogP contribution in [0.25, 0.3) is 0 Å². The smallest absolute Gasteiger partial charge is 0.396 e. The summed E-state index contributed by atoms with van der Waals surface area (Å²) in [4.78, 5) is 27.6. The van der Waals surface area contributed by atoms with E-state index in [0.29, 0.717) is 0 Å². The van der Waals surface area contributed by atoms with Gasteiger partial charge in [-0.25, -0.2) is 9.07 Å². The Bertz CT molecular complexity index is 1190. The van der Waals surface area contributed by atoms with E-state index in [4.69, 9.17) is 5.73 Å². The molecule has 0 bridgehead atoms. The topological polar surface area (TPSA) is 121 Å². The summed E-state index contributed by atoms with van der Waals surface area (Å²) in [5, 5.41) is 9.60. The molecule has 33 heavy (non-hydrogen) atoms. The van der Waals surface area contributed by atoms with Gasteiger partial charge >= 0.3 is 6.18 Å². The van der Waals surface area contributed by atoms with Crippen LogP contribution in [0.4, 0.5) is 27.6 Å². The third kappa shape index (κ3) is 6.11. The van der Waals surface area contributed by atoms with Crippen LogP contribution in [0.2, 0.25) is 0 Å². The number of halogens is 5. The Hall–Kier alpha value is -3.84. The van der Waals surface area contributed by atoms with E-state index in [1.807, 2.05) is 0 Å². The third-order valence-corrected chi connectivity index (χ3v) is 4.55. The zero-order valence-corrected chi connectivity index (χ0v) is 16.9. The van der Waals surface area contributed by atoms with E-state index in [9.17, 15) is 31.5 Å². The van der Waals surface area contributed by atoms with Gasteiger partial charge in [0.25, 0.3) is 11.5 Å². The minimum absolute atomic E-state index is 0.0104. The van der Waals surface area contributed by atoms with Gasteiger partial charge in [0.05, 0.1) is 36.2 Å². The van der Waals surface area contributed by atoms with Gasteiger partial charge in [-0.3, -0.25) is 14.6 Å². The highest BCUT2D eigenvalue weighted by Gasteiger charge is 2.30. The van der Waals surface area contributed by atoms with E-state index < -0.39 is 35.2 Å². The minimum atomic E-state index is -4.54. The van der Waals surface area contributed by atoms with Crippen molar-refractivity contribution in [2.75, 3.05) is 5.73 Å². The Morgan fingerprint density at radius 1 is 1.27 bits per heavy atom. The second kappa shape index (κ2) is 9.75. The fourth-order valence-corrected chi connectivity index (χ4v) is 2.81. The molecule has 0 aliphatic heterocycles. The van der Waals surface area contributed by atoms with Crippen molar-refractivity contribution in [2.24, 2.45) is 0 Å². The number of nitrogen functional groups attached to an aromatic ring is 1. The number of hydrogen-bond acceptors (Lipinski definition) is 6.